The van der Waals surface area contributed by atoms with E-state index in [9.17, 15) is 13.2 Å². The Hall–Kier alpha value is -2.76. The molecule has 1 aromatic carbocycles. The third kappa shape index (κ3) is 5.18. The number of sulfone groups is 1. The number of hydrogen-bond acceptors (Lipinski definition) is 8. The molecule has 10 nitrogen and oxygen atoms in total. The van der Waals surface area contributed by atoms with Crippen LogP contribution in [0.15, 0.2) is 30.3 Å². The second kappa shape index (κ2) is 9.95. The number of ether oxygens (including phenoxy) is 1. The number of piperidine rings is 1. The van der Waals surface area contributed by atoms with Crippen LogP contribution < -0.4 is 20.9 Å². The number of nitrogens with zero attached hydrogens (tertiary/aromatic N) is 3. The summed E-state index contributed by atoms with van der Waals surface area (Å²) in [5, 5.41) is 9.03. The number of carbonyl (C=O) groups excluding carboxylic acids is 1. The van der Waals surface area contributed by atoms with Crippen LogP contribution in [0.3, 0.4) is 0 Å². The topological polar surface area (TPSA) is 126 Å². The summed E-state index contributed by atoms with van der Waals surface area (Å²) >= 11 is 0. The SMILES string of the molecule is C[C@H]1COCCN1c1cc(C2(S(C)(=O)=O)CCNCC2)nc(-c2ccc(NC(=O)NC3CC3)cc2)n1. The van der Waals surface area contributed by atoms with E-state index in [-0.39, 0.29) is 18.1 Å². The van der Waals surface area contributed by atoms with Crippen molar-refractivity contribution in [2.75, 3.05) is 49.3 Å². The van der Waals surface area contributed by atoms with E-state index < -0.39 is 14.6 Å². The van der Waals surface area contributed by atoms with E-state index in [1.807, 2.05) is 30.3 Å². The quantitative estimate of drug-likeness (QED) is 0.536. The molecule has 0 radical (unpaired) electrons. The molecule has 2 saturated heterocycles. The minimum absolute atomic E-state index is 0.105. The molecule has 1 atom stereocenters. The van der Waals surface area contributed by atoms with E-state index in [0.29, 0.717) is 68.7 Å². The van der Waals surface area contributed by atoms with Crippen LogP contribution in [-0.4, -0.2) is 75.6 Å². The molecule has 5 rings (SSSR count). The Balaban J connectivity index is 1.52. The van der Waals surface area contributed by atoms with E-state index >= 15 is 0 Å². The molecule has 3 heterocycles. The van der Waals surface area contributed by atoms with Gasteiger partial charge >= 0.3 is 6.03 Å². The highest BCUT2D eigenvalue weighted by molar-refractivity contribution is 7.91. The lowest BCUT2D eigenvalue weighted by atomic mass is 9.92. The molecule has 2 aromatic rings. The van der Waals surface area contributed by atoms with Crippen LogP contribution in [0.4, 0.5) is 16.3 Å². The zero-order valence-electron chi connectivity index (χ0n) is 20.8. The number of aromatic nitrogens is 2. The van der Waals surface area contributed by atoms with Crippen molar-refractivity contribution in [1.29, 1.82) is 0 Å². The van der Waals surface area contributed by atoms with Crippen LogP contribution in [0, 0.1) is 0 Å². The number of rotatable bonds is 6. The highest BCUT2D eigenvalue weighted by Crippen LogP contribution is 2.39. The summed E-state index contributed by atoms with van der Waals surface area (Å²) < 4.78 is 30.9. The predicted octanol–water partition coefficient (Wildman–Crippen LogP) is 2.28. The first-order valence-corrected chi connectivity index (χ1v) is 14.5. The van der Waals surface area contributed by atoms with Gasteiger partial charge in [0.15, 0.2) is 15.7 Å². The van der Waals surface area contributed by atoms with Gasteiger partial charge in [0.1, 0.15) is 10.6 Å². The molecule has 0 bridgehead atoms. The van der Waals surface area contributed by atoms with Gasteiger partial charge in [0.25, 0.3) is 0 Å². The molecule has 3 N–H and O–H groups in total. The highest BCUT2D eigenvalue weighted by Gasteiger charge is 2.45. The molecular formula is C25H34N6O4S. The van der Waals surface area contributed by atoms with Gasteiger partial charge in [-0.3, -0.25) is 0 Å². The van der Waals surface area contributed by atoms with Crippen molar-refractivity contribution >= 4 is 27.4 Å². The fraction of sp³-hybridized carbons (Fsp3) is 0.560. The first kappa shape index (κ1) is 24.9. The monoisotopic (exact) mass is 514 g/mol. The summed E-state index contributed by atoms with van der Waals surface area (Å²) in [4.78, 5) is 24.0. The van der Waals surface area contributed by atoms with Crippen molar-refractivity contribution in [3.05, 3.63) is 36.0 Å². The van der Waals surface area contributed by atoms with Crippen molar-refractivity contribution in [3.8, 4) is 11.4 Å². The zero-order chi connectivity index (χ0) is 25.3. The van der Waals surface area contributed by atoms with Crippen LogP contribution in [0.1, 0.15) is 38.3 Å². The van der Waals surface area contributed by atoms with Crippen LogP contribution in [0.25, 0.3) is 11.4 Å². The summed E-state index contributed by atoms with van der Waals surface area (Å²) in [6.45, 7) is 5.13. The number of carbonyl (C=O) groups is 1. The second-order valence-corrected chi connectivity index (χ2v) is 12.3. The average Bonchev–Trinajstić information content (AvgIpc) is 3.68. The van der Waals surface area contributed by atoms with Crippen LogP contribution >= 0.6 is 0 Å². The Morgan fingerprint density at radius 1 is 1.17 bits per heavy atom. The standard InChI is InChI=1S/C25H34N6O4S/c1-17-16-35-14-13-31(17)22-15-21(25(36(2,33)34)9-11-26-12-10-25)29-23(30-22)18-3-5-19(6-4-18)27-24(32)28-20-7-8-20/h3-6,15,17,20,26H,7-14,16H2,1-2H3,(H2,27,28,32)/t17-/m0/s1. The van der Waals surface area contributed by atoms with Gasteiger partial charge in [-0.2, -0.15) is 0 Å². The number of amides is 2. The number of benzene rings is 1. The molecule has 11 heteroatoms. The van der Waals surface area contributed by atoms with Gasteiger partial charge in [-0.1, -0.05) is 0 Å². The maximum atomic E-state index is 13.2. The third-order valence-corrected chi connectivity index (χ3v) is 9.31. The van der Waals surface area contributed by atoms with Crippen molar-refractivity contribution in [3.63, 3.8) is 0 Å². The van der Waals surface area contributed by atoms with Gasteiger partial charge in [0.2, 0.25) is 0 Å². The minimum Gasteiger partial charge on any atom is -0.377 e. The first-order valence-electron chi connectivity index (χ1n) is 12.6. The maximum Gasteiger partial charge on any atom is 0.319 e. The number of urea groups is 1. The molecule has 1 aromatic heterocycles. The van der Waals surface area contributed by atoms with E-state index in [0.717, 1.165) is 18.4 Å². The van der Waals surface area contributed by atoms with Crippen LogP contribution in [-0.2, 0) is 19.3 Å². The molecule has 1 aliphatic carbocycles. The highest BCUT2D eigenvalue weighted by atomic mass is 32.2. The van der Waals surface area contributed by atoms with Crippen molar-refractivity contribution in [2.24, 2.45) is 0 Å². The Morgan fingerprint density at radius 3 is 2.53 bits per heavy atom. The lowest BCUT2D eigenvalue weighted by Crippen LogP contribution is -2.47. The van der Waals surface area contributed by atoms with Gasteiger partial charge in [0, 0.05) is 36.2 Å². The van der Waals surface area contributed by atoms with Crippen molar-refractivity contribution in [2.45, 2.75) is 49.4 Å². The van der Waals surface area contributed by atoms with Crippen LogP contribution in [0.5, 0.6) is 0 Å². The second-order valence-electron chi connectivity index (χ2n) is 10.0. The first-order chi connectivity index (χ1) is 17.2. The number of anilines is 2. The molecule has 0 unspecified atom stereocenters. The van der Waals surface area contributed by atoms with E-state index in [1.54, 1.807) is 0 Å². The molecule has 36 heavy (non-hydrogen) atoms. The molecular weight excluding hydrogens is 480 g/mol. The Labute approximate surface area is 212 Å². The summed E-state index contributed by atoms with van der Waals surface area (Å²) in [5.41, 5.74) is 1.96. The number of morpholine rings is 1. The Morgan fingerprint density at radius 2 is 1.89 bits per heavy atom. The average molecular weight is 515 g/mol. The summed E-state index contributed by atoms with van der Waals surface area (Å²) in [7, 11) is -3.45. The fourth-order valence-corrected chi connectivity index (χ4v) is 6.37. The van der Waals surface area contributed by atoms with Gasteiger partial charge in [0.05, 0.1) is 24.9 Å². The minimum atomic E-state index is -3.45. The molecule has 2 aliphatic heterocycles. The van der Waals surface area contributed by atoms with E-state index in [1.165, 1.54) is 6.26 Å². The molecule has 2 amide bonds. The fourth-order valence-electron chi connectivity index (χ4n) is 4.94. The van der Waals surface area contributed by atoms with Gasteiger partial charge in [-0.15, -0.1) is 0 Å². The largest absolute Gasteiger partial charge is 0.377 e. The Kier molecular flexibility index (Phi) is 6.88. The Bertz CT molecular complexity index is 1210. The maximum absolute atomic E-state index is 13.2. The normalized spacial score (nSPS) is 22.2. The smallest absolute Gasteiger partial charge is 0.319 e. The molecule has 0 spiro atoms. The molecule has 194 valence electrons. The van der Waals surface area contributed by atoms with Crippen molar-refractivity contribution < 1.29 is 17.9 Å². The summed E-state index contributed by atoms with van der Waals surface area (Å²) in [6.07, 6.45) is 4.27. The summed E-state index contributed by atoms with van der Waals surface area (Å²) in [6, 6.07) is 9.36. The predicted molar refractivity (Wildman–Crippen MR) is 139 cm³/mol. The molecule has 1 saturated carbocycles. The summed E-state index contributed by atoms with van der Waals surface area (Å²) in [5.74, 6) is 1.18. The van der Waals surface area contributed by atoms with Gasteiger partial charge in [-0.25, -0.2) is 23.2 Å². The third-order valence-electron chi connectivity index (χ3n) is 7.28. The number of hydrogen-bond donors (Lipinski definition) is 3. The van der Waals surface area contributed by atoms with Crippen LogP contribution in [0.2, 0.25) is 0 Å². The lowest BCUT2D eigenvalue weighted by Gasteiger charge is -2.38. The number of nitrogens with one attached hydrogen (secondary N) is 3. The van der Waals surface area contributed by atoms with Gasteiger partial charge in [-0.05, 0) is 70.0 Å². The van der Waals surface area contributed by atoms with Crippen molar-refractivity contribution in [1.82, 2.24) is 20.6 Å². The van der Waals surface area contributed by atoms with Gasteiger partial charge < -0.3 is 25.6 Å². The molecule has 3 fully saturated rings. The zero-order valence-corrected chi connectivity index (χ0v) is 21.6. The van der Waals surface area contributed by atoms with E-state index in [2.05, 4.69) is 27.8 Å². The lowest BCUT2D eigenvalue weighted by molar-refractivity contribution is 0.0985. The molecule has 3 aliphatic rings. The van der Waals surface area contributed by atoms with E-state index in [4.69, 9.17) is 14.7 Å².